The minimum absolute atomic E-state index is 0.258. The molecule has 0 saturated carbocycles. The lowest BCUT2D eigenvalue weighted by Crippen LogP contribution is -2.37. The summed E-state index contributed by atoms with van der Waals surface area (Å²) in [7, 11) is 3.16. The van der Waals surface area contributed by atoms with Crippen molar-refractivity contribution in [2.24, 2.45) is 0 Å². The van der Waals surface area contributed by atoms with E-state index in [2.05, 4.69) is 21.2 Å². The van der Waals surface area contributed by atoms with Crippen LogP contribution in [0.2, 0.25) is 0 Å². The zero-order chi connectivity index (χ0) is 13.2. The molecule has 0 saturated heterocycles. The Kier molecular flexibility index (Phi) is 4.45. The van der Waals surface area contributed by atoms with Gasteiger partial charge in [0.15, 0.2) is 0 Å². The molecule has 1 aromatic carbocycles. The molecule has 0 aromatic heterocycles. The second-order valence-corrected chi connectivity index (χ2v) is 4.76. The van der Waals surface area contributed by atoms with E-state index in [1.165, 1.54) is 4.90 Å². The summed E-state index contributed by atoms with van der Waals surface area (Å²) in [6, 6.07) is 1.58. The Bertz CT molecular complexity index is 414. The van der Waals surface area contributed by atoms with Gasteiger partial charge in [0.25, 0.3) is 0 Å². The van der Waals surface area contributed by atoms with Crippen molar-refractivity contribution in [3.05, 3.63) is 28.2 Å². The quantitative estimate of drug-likeness (QED) is 0.931. The number of carbonyl (C=O) groups excluding carboxylic acids is 1. The van der Waals surface area contributed by atoms with Crippen molar-refractivity contribution in [3.63, 3.8) is 0 Å². The average molecular weight is 307 g/mol. The Balaban J connectivity index is 2.92. The van der Waals surface area contributed by atoms with Crippen molar-refractivity contribution >= 4 is 27.5 Å². The molecule has 1 unspecified atom stereocenters. The summed E-state index contributed by atoms with van der Waals surface area (Å²) in [5.74, 6) is -1.74. The Hall–Kier alpha value is -1.17. The van der Waals surface area contributed by atoms with Crippen molar-refractivity contribution < 1.29 is 13.6 Å². The van der Waals surface area contributed by atoms with Crippen LogP contribution in [0.5, 0.6) is 0 Å². The Morgan fingerprint density at radius 2 is 1.82 bits per heavy atom. The standard InChI is InChI=1S/C11H13BrF2N2O/c1-6(11(17)16(2)3)15-10-8(13)4-7(12)5-9(10)14/h4-6,15H,1-3H3. The van der Waals surface area contributed by atoms with E-state index < -0.39 is 17.7 Å². The lowest BCUT2D eigenvalue weighted by molar-refractivity contribution is -0.129. The van der Waals surface area contributed by atoms with Gasteiger partial charge in [-0.15, -0.1) is 0 Å². The molecule has 1 rings (SSSR count). The van der Waals surface area contributed by atoms with Crippen LogP contribution >= 0.6 is 15.9 Å². The van der Waals surface area contributed by atoms with Crippen LogP contribution in [0.3, 0.4) is 0 Å². The average Bonchev–Trinajstić information content (AvgIpc) is 2.21. The highest BCUT2D eigenvalue weighted by Crippen LogP contribution is 2.24. The number of anilines is 1. The smallest absolute Gasteiger partial charge is 0.244 e. The highest BCUT2D eigenvalue weighted by atomic mass is 79.9. The summed E-state index contributed by atoms with van der Waals surface area (Å²) in [6.45, 7) is 1.54. The number of amides is 1. The first-order valence-corrected chi connectivity index (χ1v) is 5.74. The molecule has 0 heterocycles. The molecule has 0 bridgehead atoms. The summed E-state index contributed by atoms with van der Waals surface area (Å²) in [4.78, 5) is 12.9. The van der Waals surface area contributed by atoms with Gasteiger partial charge in [0.1, 0.15) is 23.4 Å². The maximum atomic E-state index is 13.5. The highest BCUT2D eigenvalue weighted by Gasteiger charge is 2.18. The van der Waals surface area contributed by atoms with Crippen molar-refractivity contribution in [3.8, 4) is 0 Å². The first-order chi connectivity index (χ1) is 7.82. The Labute approximate surface area is 107 Å². The number of benzene rings is 1. The van der Waals surface area contributed by atoms with Crippen LogP contribution in [-0.4, -0.2) is 30.9 Å². The number of likely N-dealkylation sites (N-methyl/N-ethyl adjacent to an activating group) is 1. The summed E-state index contributed by atoms with van der Waals surface area (Å²) >= 11 is 2.98. The van der Waals surface area contributed by atoms with Crippen molar-refractivity contribution in [2.75, 3.05) is 19.4 Å². The zero-order valence-corrected chi connectivity index (χ0v) is 11.3. The molecule has 6 heteroatoms. The largest absolute Gasteiger partial charge is 0.369 e. The predicted octanol–water partition coefficient (Wildman–Crippen LogP) is 2.62. The molecule has 17 heavy (non-hydrogen) atoms. The first-order valence-electron chi connectivity index (χ1n) is 4.95. The molecular weight excluding hydrogens is 294 g/mol. The molecule has 1 amide bonds. The fourth-order valence-electron chi connectivity index (χ4n) is 1.35. The fourth-order valence-corrected chi connectivity index (χ4v) is 1.75. The van der Waals surface area contributed by atoms with Gasteiger partial charge in [-0.1, -0.05) is 15.9 Å². The summed E-state index contributed by atoms with van der Waals surface area (Å²) in [5, 5.41) is 2.52. The normalized spacial score (nSPS) is 12.1. The molecule has 3 nitrogen and oxygen atoms in total. The van der Waals surface area contributed by atoms with E-state index in [-0.39, 0.29) is 11.6 Å². The molecule has 0 aliphatic heterocycles. The van der Waals surface area contributed by atoms with E-state index in [1.807, 2.05) is 0 Å². The highest BCUT2D eigenvalue weighted by molar-refractivity contribution is 9.10. The Morgan fingerprint density at radius 3 is 2.24 bits per heavy atom. The molecule has 0 fully saturated rings. The summed E-state index contributed by atoms with van der Waals surface area (Å²) in [6.07, 6.45) is 0. The lowest BCUT2D eigenvalue weighted by atomic mass is 10.2. The van der Waals surface area contributed by atoms with Crippen molar-refractivity contribution in [2.45, 2.75) is 13.0 Å². The third kappa shape index (κ3) is 3.39. The topological polar surface area (TPSA) is 32.3 Å². The number of halogens is 3. The third-order valence-electron chi connectivity index (χ3n) is 2.18. The number of hydrogen-bond donors (Lipinski definition) is 1. The van der Waals surface area contributed by atoms with Gasteiger partial charge in [0.2, 0.25) is 5.91 Å². The van der Waals surface area contributed by atoms with Gasteiger partial charge in [-0.05, 0) is 19.1 Å². The van der Waals surface area contributed by atoms with E-state index in [9.17, 15) is 13.6 Å². The number of carbonyl (C=O) groups is 1. The number of nitrogens with one attached hydrogen (secondary N) is 1. The van der Waals surface area contributed by atoms with E-state index in [4.69, 9.17) is 0 Å². The van der Waals surface area contributed by atoms with Crippen LogP contribution in [0.1, 0.15) is 6.92 Å². The molecule has 94 valence electrons. The minimum atomic E-state index is -0.740. The maximum Gasteiger partial charge on any atom is 0.244 e. The maximum absolute atomic E-state index is 13.5. The molecule has 0 radical (unpaired) electrons. The van der Waals surface area contributed by atoms with Crippen LogP contribution in [-0.2, 0) is 4.79 Å². The molecular formula is C11H13BrF2N2O. The van der Waals surface area contributed by atoms with Gasteiger partial charge in [-0.25, -0.2) is 8.78 Å². The van der Waals surface area contributed by atoms with Crippen LogP contribution in [0.25, 0.3) is 0 Å². The second-order valence-electron chi connectivity index (χ2n) is 3.84. The molecule has 1 aromatic rings. The SMILES string of the molecule is CC(Nc1c(F)cc(Br)cc1F)C(=O)N(C)C. The van der Waals surface area contributed by atoms with Crippen LogP contribution in [0.4, 0.5) is 14.5 Å². The van der Waals surface area contributed by atoms with Crippen LogP contribution in [0.15, 0.2) is 16.6 Å². The minimum Gasteiger partial charge on any atom is -0.369 e. The van der Waals surface area contributed by atoms with Gasteiger partial charge < -0.3 is 10.2 Å². The Morgan fingerprint density at radius 1 is 1.35 bits per heavy atom. The van der Waals surface area contributed by atoms with E-state index in [1.54, 1.807) is 21.0 Å². The number of hydrogen-bond acceptors (Lipinski definition) is 2. The van der Waals surface area contributed by atoms with Crippen molar-refractivity contribution in [1.29, 1.82) is 0 Å². The van der Waals surface area contributed by atoms with Gasteiger partial charge in [0.05, 0.1) is 0 Å². The van der Waals surface area contributed by atoms with Crippen molar-refractivity contribution in [1.82, 2.24) is 4.90 Å². The molecule has 1 N–H and O–H groups in total. The van der Waals surface area contributed by atoms with Gasteiger partial charge in [0, 0.05) is 18.6 Å². The van der Waals surface area contributed by atoms with Gasteiger partial charge in [-0.2, -0.15) is 0 Å². The van der Waals surface area contributed by atoms with Crippen LogP contribution in [0, 0.1) is 11.6 Å². The molecule has 0 spiro atoms. The van der Waals surface area contributed by atoms with E-state index in [0.29, 0.717) is 4.47 Å². The number of rotatable bonds is 3. The molecule has 0 aliphatic rings. The van der Waals surface area contributed by atoms with Gasteiger partial charge in [-0.3, -0.25) is 4.79 Å². The second kappa shape index (κ2) is 5.44. The predicted molar refractivity (Wildman–Crippen MR) is 65.8 cm³/mol. The molecule has 1 atom stereocenters. The summed E-state index contributed by atoms with van der Waals surface area (Å²) < 4.78 is 27.3. The monoisotopic (exact) mass is 306 g/mol. The van der Waals surface area contributed by atoms with Gasteiger partial charge >= 0.3 is 0 Å². The fraction of sp³-hybridized carbons (Fsp3) is 0.364. The van der Waals surface area contributed by atoms with Crippen LogP contribution < -0.4 is 5.32 Å². The summed E-state index contributed by atoms with van der Waals surface area (Å²) in [5.41, 5.74) is -0.295. The zero-order valence-electron chi connectivity index (χ0n) is 9.72. The third-order valence-corrected chi connectivity index (χ3v) is 2.64. The van der Waals surface area contributed by atoms with E-state index in [0.717, 1.165) is 12.1 Å². The lowest BCUT2D eigenvalue weighted by Gasteiger charge is -2.19. The molecule has 0 aliphatic carbocycles. The first kappa shape index (κ1) is 13.9. The van der Waals surface area contributed by atoms with E-state index >= 15 is 0 Å². The number of nitrogens with zero attached hydrogens (tertiary/aromatic N) is 1.